The van der Waals surface area contributed by atoms with Gasteiger partial charge in [0.15, 0.2) is 5.69 Å². The Kier molecular flexibility index (Phi) is 3.65. The third-order valence-electron chi connectivity index (χ3n) is 3.38. The normalized spacial score (nSPS) is 17.4. The molecule has 1 aliphatic carbocycles. The molecule has 1 unspecified atom stereocenters. The van der Waals surface area contributed by atoms with E-state index in [9.17, 15) is 4.79 Å². The third kappa shape index (κ3) is 2.65. The lowest BCUT2D eigenvalue weighted by atomic mass is 9.89. The van der Waals surface area contributed by atoms with Crippen molar-refractivity contribution in [2.75, 3.05) is 0 Å². The van der Waals surface area contributed by atoms with Gasteiger partial charge in [-0.1, -0.05) is 35.9 Å². The lowest BCUT2D eigenvalue weighted by Gasteiger charge is -2.25. The summed E-state index contributed by atoms with van der Waals surface area (Å²) in [4.78, 5) is 19.9. The van der Waals surface area contributed by atoms with Crippen molar-refractivity contribution >= 4 is 17.6 Å². The summed E-state index contributed by atoms with van der Waals surface area (Å²) in [5.74, 6) is -0.485. The molecule has 0 aliphatic heterocycles. The molecule has 3 rings (SSSR count). The first-order valence-corrected chi connectivity index (χ1v) is 6.88. The Morgan fingerprint density at radius 1 is 1.30 bits per heavy atom. The number of rotatable bonds is 2. The minimum atomic E-state index is -0.485. The van der Waals surface area contributed by atoms with Gasteiger partial charge in [0.2, 0.25) is 0 Å². The number of benzene rings is 1. The van der Waals surface area contributed by atoms with Gasteiger partial charge in [0.25, 0.3) is 0 Å². The van der Waals surface area contributed by atoms with Crippen LogP contribution < -0.4 is 0 Å². The van der Waals surface area contributed by atoms with Gasteiger partial charge in [0.1, 0.15) is 11.3 Å². The van der Waals surface area contributed by atoms with E-state index in [1.54, 1.807) is 0 Å². The summed E-state index contributed by atoms with van der Waals surface area (Å²) >= 11 is 5.73. The fraction of sp³-hybridized carbons (Fsp3) is 0.267. The smallest absolute Gasteiger partial charge is 0.359 e. The third-order valence-corrected chi connectivity index (χ3v) is 3.56. The molecule has 1 aromatic carbocycles. The molecule has 0 N–H and O–H groups in total. The number of halogens is 1. The van der Waals surface area contributed by atoms with Gasteiger partial charge in [-0.3, -0.25) is 4.98 Å². The molecular formula is C15H13ClN2O2. The molecule has 0 spiro atoms. The summed E-state index contributed by atoms with van der Waals surface area (Å²) in [7, 11) is 0. The molecule has 1 atom stereocenters. The highest BCUT2D eigenvalue weighted by molar-refractivity contribution is 6.29. The van der Waals surface area contributed by atoms with Gasteiger partial charge < -0.3 is 4.74 Å². The first kappa shape index (κ1) is 13.1. The van der Waals surface area contributed by atoms with Gasteiger partial charge >= 0.3 is 5.97 Å². The molecule has 20 heavy (non-hydrogen) atoms. The second kappa shape index (κ2) is 5.59. The summed E-state index contributed by atoms with van der Waals surface area (Å²) < 4.78 is 5.56. The average molecular weight is 289 g/mol. The number of esters is 1. The Bertz CT molecular complexity index is 645. The van der Waals surface area contributed by atoms with Crippen LogP contribution in [-0.2, 0) is 11.2 Å². The quantitative estimate of drug-likeness (QED) is 0.795. The Balaban J connectivity index is 1.81. The summed E-state index contributed by atoms with van der Waals surface area (Å²) in [5, 5.41) is 0.184. The first-order valence-electron chi connectivity index (χ1n) is 6.50. The van der Waals surface area contributed by atoms with E-state index in [0.29, 0.717) is 0 Å². The van der Waals surface area contributed by atoms with Gasteiger partial charge in [-0.15, -0.1) is 0 Å². The number of carbonyl (C=O) groups is 1. The molecule has 0 amide bonds. The van der Waals surface area contributed by atoms with Gasteiger partial charge in [0.05, 0.1) is 12.4 Å². The Morgan fingerprint density at radius 2 is 2.15 bits per heavy atom. The highest BCUT2D eigenvalue weighted by Gasteiger charge is 2.24. The van der Waals surface area contributed by atoms with Crippen molar-refractivity contribution in [1.29, 1.82) is 0 Å². The van der Waals surface area contributed by atoms with Crippen LogP contribution in [0.25, 0.3) is 0 Å². The second-order valence-corrected chi connectivity index (χ2v) is 5.10. The first-order chi connectivity index (χ1) is 9.74. The van der Waals surface area contributed by atoms with Crippen LogP contribution in [0.1, 0.15) is 40.6 Å². The van der Waals surface area contributed by atoms with E-state index >= 15 is 0 Å². The summed E-state index contributed by atoms with van der Waals surface area (Å²) in [5.41, 5.74) is 2.47. The number of aromatic nitrogens is 2. The fourth-order valence-electron chi connectivity index (χ4n) is 2.46. The molecule has 1 heterocycles. The molecule has 0 radical (unpaired) electrons. The molecule has 0 bridgehead atoms. The Hall–Kier alpha value is -1.94. The van der Waals surface area contributed by atoms with Crippen LogP contribution in [0.2, 0.25) is 5.15 Å². The van der Waals surface area contributed by atoms with E-state index in [-0.39, 0.29) is 17.0 Å². The summed E-state index contributed by atoms with van der Waals surface area (Å²) in [6.45, 7) is 0. The highest BCUT2D eigenvalue weighted by atomic mass is 35.5. The minimum absolute atomic E-state index is 0.139. The average Bonchev–Trinajstić information content (AvgIpc) is 2.47. The van der Waals surface area contributed by atoms with Gasteiger partial charge in [-0.05, 0) is 30.4 Å². The zero-order valence-electron chi connectivity index (χ0n) is 10.8. The van der Waals surface area contributed by atoms with Crippen LogP contribution in [0.4, 0.5) is 0 Å². The molecule has 102 valence electrons. The van der Waals surface area contributed by atoms with Crippen molar-refractivity contribution in [3.05, 3.63) is 58.6 Å². The van der Waals surface area contributed by atoms with Crippen LogP contribution >= 0.6 is 11.6 Å². The molecule has 1 aliphatic rings. The lowest BCUT2D eigenvalue weighted by molar-refractivity contribution is 0.0249. The predicted molar refractivity (Wildman–Crippen MR) is 74.6 cm³/mol. The number of hydrogen-bond acceptors (Lipinski definition) is 4. The van der Waals surface area contributed by atoms with E-state index in [0.717, 1.165) is 24.8 Å². The molecule has 0 fully saturated rings. The van der Waals surface area contributed by atoms with Gasteiger partial charge in [0, 0.05) is 0 Å². The molecule has 1 aromatic heterocycles. The second-order valence-electron chi connectivity index (χ2n) is 4.71. The number of hydrogen-bond donors (Lipinski definition) is 0. The van der Waals surface area contributed by atoms with Crippen LogP contribution in [0.5, 0.6) is 0 Å². The van der Waals surface area contributed by atoms with Crippen molar-refractivity contribution < 1.29 is 9.53 Å². The Morgan fingerprint density at radius 3 is 3.00 bits per heavy atom. The number of carbonyl (C=O) groups excluding carboxylic acids is 1. The highest BCUT2D eigenvalue weighted by Crippen LogP contribution is 2.32. The molecule has 5 heteroatoms. The molecule has 0 saturated heterocycles. The SMILES string of the molecule is O=C(OC1CCCc2ccccc21)c1cncc(Cl)n1. The monoisotopic (exact) mass is 288 g/mol. The van der Waals surface area contributed by atoms with Crippen LogP contribution in [-0.4, -0.2) is 15.9 Å². The molecule has 0 saturated carbocycles. The predicted octanol–water partition coefficient (Wildman–Crippen LogP) is 3.36. The minimum Gasteiger partial charge on any atom is -0.453 e. The maximum Gasteiger partial charge on any atom is 0.359 e. The van der Waals surface area contributed by atoms with Crippen LogP contribution in [0.3, 0.4) is 0 Å². The summed E-state index contributed by atoms with van der Waals surface area (Å²) in [6.07, 6.45) is 5.40. The topological polar surface area (TPSA) is 52.1 Å². The van der Waals surface area contributed by atoms with E-state index in [1.165, 1.54) is 18.0 Å². The maximum atomic E-state index is 12.1. The van der Waals surface area contributed by atoms with Gasteiger partial charge in [-0.25, -0.2) is 9.78 Å². The zero-order chi connectivity index (χ0) is 13.9. The van der Waals surface area contributed by atoms with Crippen molar-refractivity contribution in [2.24, 2.45) is 0 Å². The summed E-state index contributed by atoms with van der Waals surface area (Å²) in [6, 6.07) is 8.06. The number of aryl methyl sites for hydroxylation is 1. The van der Waals surface area contributed by atoms with E-state index in [2.05, 4.69) is 16.0 Å². The van der Waals surface area contributed by atoms with E-state index < -0.39 is 5.97 Å². The molecule has 4 nitrogen and oxygen atoms in total. The van der Waals surface area contributed by atoms with Crippen LogP contribution in [0, 0.1) is 0 Å². The number of fused-ring (bicyclic) bond motifs is 1. The van der Waals surface area contributed by atoms with Crippen molar-refractivity contribution in [3.63, 3.8) is 0 Å². The fourth-order valence-corrected chi connectivity index (χ4v) is 2.61. The Labute approximate surface area is 121 Å². The van der Waals surface area contributed by atoms with Crippen molar-refractivity contribution in [2.45, 2.75) is 25.4 Å². The lowest BCUT2D eigenvalue weighted by Crippen LogP contribution is -2.17. The number of ether oxygens (including phenoxy) is 1. The van der Waals surface area contributed by atoms with Crippen molar-refractivity contribution in [1.82, 2.24) is 9.97 Å². The van der Waals surface area contributed by atoms with Crippen molar-refractivity contribution in [3.8, 4) is 0 Å². The van der Waals surface area contributed by atoms with E-state index in [1.807, 2.05) is 18.2 Å². The molecule has 2 aromatic rings. The maximum absolute atomic E-state index is 12.1. The largest absolute Gasteiger partial charge is 0.453 e. The van der Waals surface area contributed by atoms with Gasteiger partial charge in [-0.2, -0.15) is 0 Å². The molecular weight excluding hydrogens is 276 g/mol. The zero-order valence-corrected chi connectivity index (χ0v) is 11.5. The van der Waals surface area contributed by atoms with E-state index in [4.69, 9.17) is 16.3 Å². The van der Waals surface area contributed by atoms with Crippen LogP contribution in [0.15, 0.2) is 36.7 Å². The number of nitrogens with zero attached hydrogens (tertiary/aromatic N) is 2. The standard InChI is InChI=1S/C15H13ClN2O2/c16-14-9-17-8-12(18-14)15(19)20-13-7-3-5-10-4-1-2-6-11(10)13/h1-2,4,6,8-9,13H,3,5,7H2.